The van der Waals surface area contributed by atoms with Gasteiger partial charge in [0.05, 0.1) is 24.8 Å². The molecule has 0 radical (unpaired) electrons. The molecule has 2 amide bonds. The molecule has 172 valence electrons. The normalized spacial score (nSPS) is 17.5. The monoisotopic (exact) mass is 446 g/mol. The molecule has 5 rings (SSSR count). The van der Waals surface area contributed by atoms with Gasteiger partial charge >= 0.3 is 0 Å². The zero-order chi connectivity index (χ0) is 22.8. The number of hydrogen-bond acceptors (Lipinski definition) is 5. The number of aromatic nitrogens is 3. The molecule has 1 aromatic carbocycles. The topological polar surface area (TPSA) is 83.4 Å². The molecule has 8 heteroatoms. The molecule has 0 saturated carbocycles. The first kappa shape index (κ1) is 21.6. The highest BCUT2D eigenvalue weighted by atomic mass is 16.2. The van der Waals surface area contributed by atoms with Crippen LogP contribution in [0.15, 0.2) is 43.0 Å². The summed E-state index contributed by atoms with van der Waals surface area (Å²) in [7, 11) is 1.97. The molecule has 2 aliphatic rings. The van der Waals surface area contributed by atoms with Gasteiger partial charge in [-0.25, -0.2) is 9.97 Å². The summed E-state index contributed by atoms with van der Waals surface area (Å²) >= 11 is 0. The summed E-state index contributed by atoms with van der Waals surface area (Å²) in [5.74, 6) is 0.633. The van der Waals surface area contributed by atoms with Crippen molar-refractivity contribution in [2.75, 3.05) is 38.0 Å². The Bertz CT molecular complexity index is 1160. The SMILES string of the molecule is Cn1cncc1-c1ccc2cnc(NC(=O)C3CCN(C(=O)CN4CCCC4)CC3)cc2c1. The van der Waals surface area contributed by atoms with Crippen LogP contribution in [0, 0.1) is 5.92 Å². The highest BCUT2D eigenvalue weighted by Crippen LogP contribution is 2.26. The standard InChI is InChI=1S/C25H30N6O2/c1-29-17-26-15-22(29)19-4-5-20-14-27-23(13-21(20)12-19)28-25(33)18-6-10-31(11-7-18)24(32)16-30-8-2-3-9-30/h4-5,12-15,17-18H,2-3,6-11,16H2,1H3,(H,27,28,33). The van der Waals surface area contributed by atoms with Crippen LogP contribution >= 0.6 is 0 Å². The molecule has 0 unspecified atom stereocenters. The molecule has 0 bridgehead atoms. The number of likely N-dealkylation sites (tertiary alicyclic amines) is 2. The Hall–Kier alpha value is -3.26. The van der Waals surface area contributed by atoms with Crippen LogP contribution < -0.4 is 5.32 Å². The number of imidazole rings is 1. The second-order valence-electron chi connectivity index (χ2n) is 9.15. The van der Waals surface area contributed by atoms with Crippen molar-refractivity contribution in [1.29, 1.82) is 0 Å². The number of amides is 2. The average Bonchev–Trinajstić information content (AvgIpc) is 3.50. The number of carbonyl (C=O) groups excluding carboxylic acids is 2. The molecule has 2 aliphatic heterocycles. The van der Waals surface area contributed by atoms with E-state index in [1.165, 1.54) is 12.8 Å². The van der Waals surface area contributed by atoms with E-state index in [2.05, 4.69) is 32.3 Å². The number of rotatable bonds is 5. The maximum absolute atomic E-state index is 12.9. The number of piperidine rings is 1. The van der Waals surface area contributed by atoms with E-state index in [1.54, 1.807) is 12.5 Å². The van der Waals surface area contributed by atoms with Crippen molar-refractivity contribution in [2.24, 2.45) is 13.0 Å². The summed E-state index contributed by atoms with van der Waals surface area (Å²) in [4.78, 5) is 38.2. The van der Waals surface area contributed by atoms with E-state index < -0.39 is 0 Å². The maximum atomic E-state index is 12.9. The quantitative estimate of drug-likeness (QED) is 0.652. The van der Waals surface area contributed by atoms with E-state index in [4.69, 9.17) is 0 Å². The van der Waals surface area contributed by atoms with Gasteiger partial charge in [-0.3, -0.25) is 14.5 Å². The first-order valence-electron chi connectivity index (χ1n) is 11.7. The molecule has 2 aromatic heterocycles. The highest BCUT2D eigenvalue weighted by molar-refractivity contribution is 5.95. The van der Waals surface area contributed by atoms with Gasteiger partial charge in [0, 0.05) is 43.2 Å². The third-order valence-electron chi connectivity index (χ3n) is 6.86. The Morgan fingerprint density at radius 3 is 2.55 bits per heavy atom. The molecule has 3 aromatic rings. The molecular formula is C25H30N6O2. The van der Waals surface area contributed by atoms with Crippen LogP contribution in [0.3, 0.4) is 0 Å². The lowest BCUT2D eigenvalue weighted by molar-refractivity contribution is -0.135. The number of nitrogens with one attached hydrogen (secondary N) is 1. The van der Waals surface area contributed by atoms with Crippen LogP contribution in [0.25, 0.3) is 22.0 Å². The fourth-order valence-corrected chi connectivity index (χ4v) is 4.86. The minimum absolute atomic E-state index is 0.0173. The molecule has 2 fully saturated rings. The first-order chi connectivity index (χ1) is 16.1. The van der Waals surface area contributed by atoms with Gasteiger partial charge in [0.25, 0.3) is 0 Å². The van der Waals surface area contributed by atoms with Gasteiger partial charge in [-0.2, -0.15) is 0 Å². The minimum Gasteiger partial charge on any atom is -0.342 e. The molecule has 8 nitrogen and oxygen atoms in total. The van der Waals surface area contributed by atoms with Gasteiger partial charge in [0.15, 0.2) is 0 Å². The second-order valence-corrected chi connectivity index (χ2v) is 9.15. The summed E-state index contributed by atoms with van der Waals surface area (Å²) in [6, 6.07) is 8.10. The van der Waals surface area contributed by atoms with Crippen LogP contribution in [-0.4, -0.2) is 68.9 Å². The number of pyridine rings is 1. The average molecular weight is 447 g/mol. The number of hydrogen-bond donors (Lipinski definition) is 1. The van der Waals surface area contributed by atoms with Crippen LogP contribution in [0.2, 0.25) is 0 Å². The minimum atomic E-state index is -0.0980. The van der Waals surface area contributed by atoms with Gasteiger partial charge in [0.1, 0.15) is 5.82 Å². The maximum Gasteiger partial charge on any atom is 0.236 e. The summed E-state index contributed by atoms with van der Waals surface area (Å²) in [5, 5.41) is 5.03. The van der Waals surface area contributed by atoms with E-state index in [1.807, 2.05) is 34.8 Å². The predicted molar refractivity (Wildman–Crippen MR) is 128 cm³/mol. The van der Waals surface area contributed by atoms with Crippen molar-refractivity contribution < 1.29 is 9.59 Å². The zero-order valence-corrected chi connectivity index (χ0v) is 19.0. The van der Waals surface area contributed by atoms with E-state index in [0.29, 0.717) is 38.3 Å². The van der Waals surface area contributed by atoms with Crippen LogP contribution in [0.5, 0.6) is 0 Å². The lowest BCUT2D eigenvalue weighted by atomic mass is 9.96. The largest absolute Gasteiger partial charge is 0.342 e. The summed E-state index contributed by atoms with van der Waals surface area (Å²) in [6.45, 7) is 3.84. The first-order valence-corrected chi connectivity index (χ1v) is 11.7. The van der Waals surface area contributed by atoms with Crippen molar-refractivity contribution in [2.45, 2.75) is 25.7 Å². The Balaban J connectivity index is 1.20. The second kappa shape index (κ2) is 9.31. The summed E-state index contributed by atoms with van der Waals surface area (Å²) in [6.07, 6.45) is 9.16. The van der Waals surface area contributed by atoms with Crippen LogP contribution in [0.1, 0.15) is 25.7 Å². The van der Waals surface area contributed by atoms with Gasteiger partial charge in [0.2, 0.25) is 11.8 Å². The molecule has 1 N–H and O–H groups in total. The lowest BCUT2D eigenvalue weighted by Crippen LogP contribution is -2.45. The number of nitrogens with zero attached hydrogens (tertiary/aromatic N) is 5. The van der Waals surface area contributed by atoms with Gasteiger partial charge in [-0.1, -0.05) is 12.1 Å². The number of benzene rings is 1. The third-order valence-corrected chi connectivity index (χ3v) is 6.86. The predicted octanol–water partition coefficient (Wildman–Crippen LogP) is 2.91. The molecule has 33 heavy (non-hydrogen) atoms. The van der Waals surface area contributed by atoms with Gasteiger partial charge < -0.3 is 14.8 Å². The Labute approximate surface area is 193 Å². The Morgan fingerprint density at radius 1 is 1.03 bits per heavy atom. The molecule has 4 heterocycles. The molecule has 2 saturated heterocycles. The van der Waals surface area contributed by atoms with Crippen molar-refractivity contribution >= 4 is 28.4 Å². The van der Waals surface area contributed by atoms with E-state index in [9.17, 15) is 9.59 Å². The van der Waals surface area contributed by atoms with Crippen molar-refractivity contribution in [3.8, 4) is 11.3 Å². The van der Waals surface area contributed by atoms with E-state index in [-0.39, 0.29) is 17.7 Å². The fraction of sp³-hybridized carbons (Fsp3) is 0.440. The third kappa shape index (κ3) is 4.75. The number of anilines is 1. The van der Waals surface area contributed by atoms with Gasteiger partial charge in [-0.05, 0) is 56.3 Å². The fourth-order valence-electron chi connectivity index (χ4n) is 4.86. The zero-order valence-electron chi connectivity index (χ0n) is 19.0. The van der Waals surface area contributed by atoms with Crippen LogP contribution in [0.4, 0.5) is 5.82 Å². The molecular weight excluding hydrogens is 416 g/mol. The smallest absolute Gasteiger partial charge is 0.236 e. The molecule has 0 atom stereocenters. The number of fused-ring (bicyclic) bond motifs is 1. The van der Waals surface area contributed by atoms with Crippen LogP contribution in [-0.2, 0) is 16.6 Å². The summed E-state index contributed by atoms with van der Waals surface area (Å²) < 4.78 is 1.98. The van der Waals surface area contributed by atoms with Crippen molar-refractivity contribution in [3.63, 3.8) is 0 Å². The number of carbonyl (C=O) groups is 2. The van der Waals surface area contributed by atoms with E-state index >= 15 is 0 Å². The van der Waals surface area contributed by atoms with E-state index in [0.717, 1.165) is 35.1 Å². The van der Waals surface area contributed by atoms with Gasteiger partial charge in [-0.15, -0.1) is 0 Å². The molecule has 0 spiro atoms. The van der Waals surface area contributed by atoms with Crippen molar-refractivity contribution in [3.05, 3.63) is 43.0 Å². The Kier molecular flexibility index (Phi) is 6.09. The summed E-state index contributed by atoms with van der Waals surface area (Å²) in [5.41, 5.74) is 2.10. The number of aryl methyl sites for hydroxylation is 1. The molecule has 0 aliphatic carbocycles. The highest BCUT2D eigenvalue weighted by Gasteiger charge is 2.28. The Morgan fingerprint density at radius 2 is 1.82 bits per heavy atom. The lowest BCUT2D eigenvalue weighted by Gasteiger charge is -2.32. The van der Waals surface area contributed by atoms with Crippen molar-refractivity contribution in [1.82, 2.24) is 24.3 Å².